The van der Waals surface area contributed by atoms with Gasteiger partial charge < -0.3 is 19.9 Å². The normalized spacial score (nSPS) is 10.5. The molecule has 0 bridgehead atoms. The van der Waals surface area contributed by atoms with E-state index in [0.29, 0.717) is 23.2 Å². The molecule has 2 amide bonds. The van der Waals surface area contributed by atoms with E-state index >= 15 is 0 Å². The molecule has 0 fully saturated rings. The van der Waals surface area contributed by atoms with Crippen molar-refractivity contribution in [2.75, 3.05) is 23.5 Å². The highest BCUT2D eigenvalue weighted by molar-refractivity contribution is 7.99. The Morgan fingerprint density at radius 3 is 2.19 bits per heavy atom. The number of hydrogen-bond donors (Lipinski definition) is 2. The summed E-state index contributed by atoms with van der Waals surface area (Å²) in [5.41, 5.74) is 2.56. The monoisotopic (exact) mass is 439 g/mol. The number of nitrogens with one attached hydrogen (secondary N) is 2. The lowest BCUT2D eigenvalue weighted by atomic mass is 10.2. The minimum absolute atomic E-state index is 0.104. The quantitative estimate of drug-likeness (QED) is 0.495. The molecule has 1 aromatic heterocycles. The first-order valence-electron chi connectivity index (χ1n) is 9.83. The standard InChI is InChI=1S/C22H25N5O3S/c1-4-27-19(13-20(28)23-16-7-5-15(2)6-8-16)25-26-22(27)31-14-21(29)24-17-9-11-18(30-3)12-10-17/h5-12H,4,13-14H2,1-3H3,(H,23,28)(H,24,29). The molecule has 162 valence electrons. The number of nitrogens with zero attached hydrogens (tertiary/aromatic N) is 3. The molecule has 0 unspecified atom stereocenters. The number of carbonyl (C=O) groups is 2. The molecule has 0 saturated heterocycles. The fraction of sp³-hybridized carbons (Fsp3) is 0.273. The van der Waals surface area contributed by atoms with E-state index in [1.807, 2.05) is 42.7 Å². The van der Waals surface area contributed by atoms with Crippen molar-refractivity contribution in [3.63, 3.8) is 0 Å². The Hall–Kier alpha value is -3.33. The number of hydrogen-bond acceptors (Lipinski definition) is 6. The predicted octanol–water partition coefficient (Wildman–Crippen LogP) is 3.53. The lowest BCUT2D eigenvalue weighted by molar-refractivity contribution is -0.116. The van der Waals surface area contributed by atoms with Crippen LogP contribution in [0.4, 0.5) is 11.4 Å². The molecule has 0 aliphatic heterocycles. The second-order valence-electron chi connectivity index (χ2n) is 6.80. The van der Waals surface area contributed by atoms with Crippen LogP contribution in [-0.2, 0) is 22.6 Å². The Kier molecular flexibility index (Phi) is 7.66. The molecule has 0 spiro atoms. The van der Waals surface area contributed by atoms with Crippen molar-refractivity contribution >= 4 is 35.0 Å². The van der Waals surface area contributed by atoms with E-state index in [9.17, 15) is 9.59 Å². The highest BCUT2D eigenvalue weighted by Gasteiger charge is 2.16. The first kappa shape index (κ1) is 22.4. The molecule has 2 aromatic carbocycles. The number of methoxy groups -OCH3 is 1. The highest BCUT2D eigenvalue weighted by atomic mass is 32.2. The number of rotatable bonds is 9. The van der Waals surface area contributed by atoms with Gasteiger partial charge in [0.2, 0.25) is 11.8 Å². The largest absolute Gasteiger partial charge is 0.497 e. The van der Waals surface area contributed by atoms with Crippen molar-refractivity contribution in [2.24, 2.45) is 0 Å². The summed E-state index contributed by atoms with van der Waals surface area (Å²) >= 11 is 1.28. The Bertz CT molecular complexity index is 1030. The number of aryl methyl sites for hydroxylation is 1. The van der Waals surface area contributed by atoms with Gasteiger partial charge in [0.15, 0.2) is 5.16 Å². The third-order valence-electron chi connectivity index (χ3n) is 4.47. The van der Waals surface area contributed by atoms with Gasteiger partial charge in [0.25, 0.3) is 0 Å². The zero-order valence-corrected chi connectivity index (χ0v) is 18.5. The van der Waals surface area contributed by atoms with Crippen LogP contribution in [0, 0.1) is 6.92 Å². The van der Waals surface area contributed by atoms with Gasteiger partial charge in [-0.05, 0) is 50.2 Å². The maximum absolute atomic E-state index is 12.4. The summed E-state index contributed by atoms with van der Waals surface area (Å²) in [4.78, 5) is 24.7. The van der Waals surface area contributed by atoms with Crippen molar-refractivity contribution in [3.8, 4) is 5.75 Å². The molecule has 9 heteroatoms. The van der Waals surface area contributed by atoms with Crippen LogP contribution >= 0.6 is 11.8 Å². The van der Waals surface area contributed by atoms with Crippen molar-refractivity contribution < 1.29 is 14.3 Å². The van der Waals surface area contributed by atoms with Crippen LogP contribution < -0.4 is 15.4 Å². The number of benzene rings is 2. The maximum atomic E-state index is 12.4. The second-order valence-corrected chi connectivity index (χ2v) is 7.74. The molecule has 0 saturated carbocycles. The smallest absolute Gasteiger partial charge is 0.234 e. The van der Waals surface area contributed by atoms with Gasteiger partial charge in [-0.15, -0.1) is 10.2 Å². The Morgan fingerprint density at radius 1 is 0.968 bits per heavy atom. The summed E-state index contributed by atoms with van der Waals surface area (Å²) in [6, 6.07) is 14.7. The summed E-state index contributed by atoms with van der Waals surface area (Å²) in [6.07, 6.45) is 0.104. The molecule has 3 rings (SSSR count). The van der Waals surface area contributed by atoms with E-state index in [-0.39, 0.29) is 24.0 Å². The van der Waals surface area contributed by atoms with Gasteiger partial charge in [-0.2, -0.15) is 0 Å². The van der Waals surface area contributed by atoms with Crippen LogP contribution in [0.25, 0.3) is 0 Å². The molecular formula is C22H25N5O3S. The van der Waals surface area contributed by atoms with Crippen molar-refractivity contribution in [3.05, 3.63) is 59.9 Å². The zero-order chi connectivity index (χ0) is 22.2. The fourth-order valence-electron chi connectivity index (χ4n) is 2.86. The van der Waals surface area contributed by atoms with E-state index in [2.05, 4.69) is 20.8 Å². The Labute approximate surface area is 185 Å². The molecular weight excluding hydrogens is 414 g/mol. The summed E-state index contributed by atoms with van der Waals surface area (Å²) in [7, 11) is 1.59. The van der Waals surface area contributed by atoms with Crippen LogP contribution in [0.1, 0.15) is 18.3 Å². The first-order valence-corrected chi connectivity index (χ1v) is 10.8. The van der Waals surface area contributed by atoms with Crippen LogP contribution in [0.15, 0.2) is 53.7 Å². The maximum Gasteiger partial charge on any atom is 0.234 e. The molecule has 2 N–H and O–H groups in total. The van der Waals surface area contributed by atoms with Crippen LogP contribution in [0.2, 0.25) is 0 Å². The van der Waals surface area contributed by atoms with E-state index in [4.69, 9.17) is 4.74 Å². The number of aromatic nitrogens is 3. The lowest BCUT2D eigenvalue weighted by Crippen LogP contribution is -2.18. The second kappa shape index (κ2) is 10.6. The van der Waals surface area contributed by atoms with Crippen molar-refractivity contribution in [1.29, 1.82) is 0 Å². The van der Waals surface area contributed by atoms with Gasteiger partial charge in [0.1, 0.15) is 11.6 Å². The summed E-state index contributed by atoms with van der Waals surface area (Å²) in [6.45, 7) is 4.54. The third-order valence-corrected chi connectivity index (χ3v) is 5.44. The number of anilines is 2. The number of ether oxygens (including phenoxy) is 1. The predicted molar refractivity (Wildman–Crippen MR) is 122 cm³/mol. The summed E-state index contributed by atoms with van der Waals surface area (Å²) < 4.78 is 6.96. The van der Waals surface area contributed by atoms with Crippen LogP contribution in [0.3, 0.4) is 0 Å². The summed E-state index contributed by atoms with van der Waals surface area (Å²) in [5.74, 6) is 1.14. The van der Waals surface area contributed by atoms with Gasteiger partial charge in [-0.3, -0.25) is 9.59 Å². The molecule has 1 heterocycles. The molecule has 0 aliphatic carbocycles. The van der Waals surface area contributed by atoms with Gasteiger partial charge >= 0.3 is 0 Å². The van der Waals surface area contributed by atoms with Gasteiger partial charge in [0, 0.05) is 17.9 Å². The van der Waals surface area contributed by atoms with E-state index in [0.717, 1.165) is 17.0 Å². The van der Waals surface area contributed by atoms with Gasteiger partial charge in [0.05, 0.1) is 19.3 Å². The fourth-order valence-corrected chi connectivity index (χ4v) is 3.68. The minimum Gasteiger partial charge on any atom is -0.497 e. The number of carbonyl (C=O) groups excluding carboxylic acids is 2. The van der Waals surface area contributed by atoms with E-state index in [1.54, 1.807) is 31.4 Å². The van der Waals surface area contributed by atoms with Gasteiger partial charge in [-0.25, -0.2) is 0 Å². The first-order chi connectivity index (χ1) is 15.0. The van der Waals surface area contributed by atoms with E-state index < -0.39 is 0 Å². The van der Waals surface area contributed by atoms with Crippen LogP contribution in [0.5, 0.6) is 5.75 Å². The third kappa shape index (κ3) is 6.32. The van der Waals surface area contributed by atoms with Crippen molar-refractivity contribution in [1.82, 2.24) is 14.8 Å². The Morgan fingerprint density at radius 2 is 1.58 bits per heavy atom. The zero-order valence-electron chi connectivity index (χ0n) is 17.7. The molecule has 31 heavy (non-hydrogen) atoms. The molecule has 8 nitrogen and oxygen atoms in total. The SMILES string of the molecule is CCn1c(CC(=O)Nc2ccc(C)cc2)nnc1SCC(=O)Nc1ccc(OC)cc1. The number of amides is 2. The average Bonchev–Trinajstić information content (AvgIpc) is 3.15. The molecule has 3 aromatic rings. The number of thioether (sulfide) groups is 1. The Balaban J connectivity index is 1.55. The molecule has 0 atom stereocenters. The highest BCUT2D eigenvalue weighted by Crippen LogP contribution is 2.19. The van der Waals surface area contributed by atoms with E-state index in [1.165, 1.54) is 11.8 Å². The molecule has 0 radical (unpaired) electrons. The average molecular weight is 440 g/mol. The topological polar surface area (TPSA) is 98.1 Å². The van der Waals surface area contributed by atoms with Crippen molar-refractivity contribution in [2.45, 2.75) is 32.0 Å². The van der Waals surface area contributed by atoms with Crippen LogP contribution in [-0.4, -0.2) is 39.4 Å². The minimum atomic E-state index is -0.167. The lowest BCUT2D eigenvalue weighted by Gasteiger charge is -2.09. The molecule has 0 aliphatic rings. The van der Waals surface area contributed by atoms with Gasteiger partial charge in [-0.1, -0.05) is 29.5 Å². The summed E-state index contributed by atoms with van der Waals surface area (Å²) in [5, 5.41) is 14.6.